The van der Waals surface area contributed by atoms with Crippen LogP contribution in [0.4, 0.5) is 5.69 Å². The summed E-state index contributed by atoms with van der Waals surface area (Å²) in [6.45, 7) is 10.3. The van der Waals surface area contributed by atoms with Gasteiger partial charge in [-0.05, 0) is 70.5 Å². The van der Waals surface area contributed by atoms with Gasteiger partial charge in [0.05, 0.1) is 0 Å². The molecule has 2 heterocycles. The second kappa shape index (κ2) is 7.65. The molecule has 1 unspecified atom stereocenters. The monoisotopic (exact) mass is 346 g/mol. The normalized spacial score (nSPS) is 20.7. The number of hydrogen-bond acceptors (Lipinski definition) is 5. The van der Waals surface area contributed by atoms with Crippen LogP contribution in [0.25, 0.3) is 0 Å². The standard InChI is InChI=1S/C20H30N2O3/c1-20(2,3)25-19(23)17-14-21-18-8-7-15(13-16(17)18)24-12-11-22-9-5-4-6-10-22/h7-8,13,17,21H,4-6,9-12,14H2,1-3H3. The van der Waals surface area contributed by atoms with E-state index in [9.17, 15) is 4.79 Å². The van der Waals surface area contributed by atoms with E-state index in [0.717, 1.165) is 23.5 Å². The first kappa shape index (κ1) is 18.1. The maximum absolute atomic E-state index is 12.4. The zero-order chi connectivity index (χ0) is 17.9. The van der Waals surface area contributed by atoms with Crippen LogP contribution in [0.2, 0.25) is 0 Å². The first-order valence-corrected chi connectivity index (χ1v) is 9.38. The minimum atomic E-state index is -0.470. The molecule has 0 aromatic heterocycles. The van der Waals surface area contributed by atoms with Crippen LogP contribution in [-0.2, 0) is 9.53 Å². The Morgan fingerprint density at radius 3 is 2.72 bits per heavy atom. The van der Waals surface area contributed by atoms with Gasteiger partial charge in [-0.25, -0.2) is 0 Å². The highest BCUT2D eigenvalue weighted by molar-refractivity contribution is 5.84. The van der Waals surface area contributed by atoms with E-state index in [0.29, 0.717) is 13.2 Å². The maximum Gasteiger partial charge on any atom is 0.315 e. The summed E-state index contributed by atoms with van der Waals surface area (Å²) in [6, 6.07) is 5.95. The number of rotatable bonds is 5. The molecule has 1 saturated heterocycles. The third-order valence-electron chi connectivity index (χ3n) is 4.71. The summed E-state index contributed by atoms with van der Waals surface area (Å²) in [4.78, 5) is 14.9. The zero-order valence-electron chi connectivity index (χ0n) is 15.6. The third-order valence-corrected chi connectivity index (χ3v) is 4.71. The fourth-order valence-corrected chi connectivity index (χ4v) is 3.46. The van der Waals surface area contributed by atoms with Gasteiger partial charge in [-0.1, -0.05) is 6.42 Å². The summed E-state index contributed by atoms with van der Waals surface area (Å²) in [5, 5.41) is 3.29. The number of nitrogens with one attached hydrogen (secondary N) is 1. The van der Waals surface area contributed by atoms with Crippen LogP contribution in [-0.4, -0.2) is 49.3 Å². The van der Waals surface area contributed by atoms with Crippen LogP contribution in [0.1, 0.15) is 51.5 Å². The second-order valence-electron chi connectivity index (χ2n) is 7.97. The van der Waals surface area contributed by atoms with E-state index in [1.54, 1.807) is 0 Å². The number of hydrogen-bond donors (Lipinski definition) is 1. The van der Waals surface area contributed by atoms with E-state index >= 15 is 0 Å². The number of nitrogens with zero attached hydrogens (tertiary/aromatic N) is 1. The van der Waals surface area contributed by atoms with Crippen LogP contribution in [0.15, 0.2) is 18.2 Å². The molecule has 0 radical (unpaired) electrons. The molecule has 1 fully saturated rings. The van der Waals surface area contributed by atoms with Gasteiger partial charge in [0.15, 0.2) is 0 Å². The smallest absolute Gasteiger partial charge is 0.315 e. The molecular weight excluding hydrogens is 316 g/mol. The molecular formula is C20H30N2O3. The molecule has 138 valence electrons. The van der Waals surface area contributed by atoms with Gasteiger partial charge in [0.2, 0.25) is 0 Å². The number of fused-ring (bicyclic) bond motifs is 1. The van der Waals surface area contributed by atoms with Crippen LogP contribution >= 0.6 is 0 Å². The Kier molecular flexibility index (Phi) is 5.52. The summed E-state index contributed by atoms with van der Waals surface area (Å²) in [5.74, 6) is 0.386. The lowest BCUT2D eigenvalue weighted by atomic mass is 10.0. The highest BCUT2D eigenvalue weighted by Gasteiger charge is 2.32. The van der Waals surface area contributed by atoms with Gasteiger partial charge in [-0.2, -0.15) is 0 Å². The quantitative estimate of drug-likeness (QED) is 0.828. The number of likely N-dealkylation sites (tertiary alicyclic amines) is 1. The highest BCUT2D eigenvalue weighted by atomic mass is 16.6. The van der Waals surface area contributed by atoms with Crippen LogP contribution < -0.4 is 10.1 Å². The Balaban J connectivity index is 1.58. The van der Waals surface area contributed by atoms with Gasteiger partial charge in [0.25, 0.3) is 0 Å². The Morgan fingerprint density at radius 2 is 2.00 bits per heavy atom. The number of ether oxygens (including phenoxy) is 2. The largest absolute Gasteiger partial charge is 0.492 e. The average molecular weight is 346 g/mol. The molecule has 3 rings (SSSR count). The number of carbonyl (C=O) groups is 1. The van der Waals surface area contributed by atoms with Crippen molar-refractivity contribution in [3.63, 3.8) is 0 Å². The fourth-order valence-electron chi connectivity index (χ4n) is 3.46. The number of carbonyl (C=O) groups excluding carboxylic acids is 1. The molecule has 5 heteroatoms. The Hall–Kier alpha value is -1.75. The summed E-state index contributed by atoms with van der Waals surface area (Å²) in [5.41, 5.74) is 1.51. The van der Waals surface area contributed by atoms with E-state index in [1.165, 1.54) is 32.4 Å². The first-order valence-electron chi connectivity index (χ1n) is 9.38. The SMILES string of the molecule is CC(C)(C)OC(=O)C1CNc2ccc(OCCN3CCCCC3)cc21. The lowest BCUT2D eigenvalue weighted by Gasteiger charge is -2.26. The second-order valence-corrected chi connectivity index (χ2v) is 7.97. The van der Waals surface area contributed by atoms with Crippen molar-refractivity contribution in [2.45, 2.75) is 51.6 Å². The molecule has 0 spiro atoms. The summed E-state index contributed by atoms with van der Waals surface area (Å²) in [6.07, 6.45) is 3.94. The zero-order valence-corrected chi connectivity index (χ0v) is 15.6. The molecule has 25 heavy (non-hydrogen) atoms. The highest BCUT2D eigenvalue weighted by Crippen LogP contribution is 2.35. The number of esters is 1. The minimum absolute atomic E-state index is 0.177. The van der Waals surface area contributed by atoms with E-state index in [4.69, 9.17) is 9.47 Å². The molecule has 1 N–H and O–H groups in total. The Morgan fingerprint density at radius 1 is 1.24 bits per heavy atom. The number of anilines is 1. The van der Waals surface area contributed by atoms with Crippen molar-refractivity contribution in [2.24, 2.45) is 0 Å². The molecule has 2 aliphatic rings. The molecule has 0 aliphatic carbocycles. The van der Waals surface area contributed by atoms with Crippen molar-refractivity contribution >= 4 is 11.7 Å². The number of piperidine rings is 1. The van der Waals surface area contributed by atoms with Crippen LogP contribution in [0, 0.1) is 0 Å². The molecule has 0 amide bonds. The Labute approximate surface area is 150 Å². The van der Waals surface area contributed by atoms with E-state index in [2.05, 4.69) is 10.2 Å². The summed E-state index contributed by atoms with van der Waals surface area (Å²) in [7, 11) is 0. The summed E-state index contributed by atoms with van der Waals surface area (Å²) >= 11 is 0. The van der Waals surface area contributed by atoms with Crippen LogP contribution in [0.5, 0.6) is 5.75 Å². The van der Waals surface area contributed by atoms with Gasteiger partial charge >= 0.3 is 5.97 Å². The lowest BCUT2D eigenvalue weighted by molar-refractivity contribution is -0.156. The number of benzene rings is 1. The van der Waals surface area contributed by atoms with Gasteiger partial charge in [-0.15, -0.1) is 0 Å². The summed E-state index contributed by atoms with van der Waals surface area (Å²) < 4.78 is 11.5. The molecule has 1 aromatic carbocycles. The molecule has 0 saturated carbocycles. The Bertz CT molecular complexity index is 603. The lowest BCUT2D eigenvalue weighted by Crippen LogP contribution is -2.33. The first-order chi connectivity index (χ1) is 11.9. The van der Waals surface area contributed by atoms with Crippen molar-refractivity contribution in [1.82, 2.24) is 4.90 Å². The molecule has 5 nitrogen and oxygen atoms in total. The fraction of sp³-hybridized carbons (Fsp3) is 0.650. The average Bonchev–Trinajstić information content (AvgIpc) is 2.97. The van der Waals surface area contributed by atoms with Gasteiger partial charge < -0.3 is 14.8 Å². The maximum atomic E-state index is 12.4. The van der Waals surface area contributed by atoms with E-state index < -0.39 is 5.60 Å². The predicted octanol–water partition coefficient (Wildman–Crippen LogP) is 3.40. The molecule has 0 bridgehead atoms. The minimum Gasteiger partial charge on any atom is -0.492 e. The van der Waals surface area contributed by atoms with Crippen LogP contribution in [0.3, 0.4) is 0 Å². The van der Waals surface area contributed by atoms with E-state index in [-0.39, 0.29) is 11.9 Å². The molecule has 1 aromatic rings. The van der Waals surface area contributed by atoms with Crippen molar-refractivity contribution in [3.05, 3.63) is 23.8 Å². The molecule has 2 aliphatic heterocycles. The van der Waals surface area contributed by atoms with Crippen molar-refractivity contribution in [2.75, 3.05) is 38.1 Å². The van der Waals surface area contributed by atoms with E-state index in [1.807, 2.05) is 39.0 Å². The van der Waals surface area contributed by atoms with Crippen molar-refractivity contribution < 1.29 is 14.3 Å². The predicted molar refractivity (Wildman–Crippen MR) is 99.3 cm³/mol. The molecule has 1 atom stereocenters. The van der Waals surface area contributed by atoms with Crippen molar-refractivity contribution in [1.29, 1.82) is 0 Å². The van der Waals surface area contributed by atoms with Gasteiger partial charge in [-0.3, -0.25) is 9.69 Å². The van der Waals surface area contributed by atoms with Gasteiger partial charge in [0, 0.05) is 18.8 Å². The van der Waals surface area contributed by atoms with Crippen molar-refractivity contribution in [3.8, 4) is 5.75 Å². The topological polar surface area (TPSA) is 50.8 Å². The third kappa shape index (κ3) is 4.88. The van der Waals surface area contributed by atoms with Gasteiger partial charge in [0.1, 0.15) is 23.9 Å².